The zero-order chi connectivity index (χ0) is 20.1. The SMILES string of the molecule is CC(C)(C)c1ccc(SCC(=O)Nc2cccc(Cl)c2N2CCOCC2)cc1. The maximum atomic E-state index is 12.5. The van der Waals surface area contributed by atoms with Crippen molar-refractivity contribution in [1.82, 2.24) is 0 Å². The van der Waals surface area contributed by atoms with Crippen LogP contribution in [0.2, 0.25) is 5.02 Å². The topological polar surface area (TPSA) is 41.6 Å². The standard InChI is InChI=1S/C22H27ClN2O2S/c1-22(2,3)16-7-9-17(10-8-16)28-15-20(26)24-19-6-4-5-18(23)21(19)25-11-13-27-14-12-25/h4-10H,11-15H2,1-3H3,(H,24,26). The fraction of sp³-hybridized carbons (Fsp3) is 0.409. The minimum Gasteiger partial charge on any atom is -0.378 e. The minimum absolute atomic E-state index is 0.0401. The molecule has 0 atom stereocenters. The van der Waals surface area contributed by atoms with Crippen LogP contribution in [0.5, 0.6) is 0 Å². The van der Waals surface area contributed by atoms with E-state index in [9.17, 15) is 4.79 Å². The van der Waals surface area contributed by atoms with E-state index in [1.165, 1.54) is 17.3 Å². The van der Waals surface area contributed by atoms with Crippen LogP contribution in [0.3, 0.4) is 0 Å². The van der Waals surface area contributed by atoms with Gasteiger partial charge in [0.05, 0.1) is 35.4 Å². The van der Waals surface area contributed by atoms with Gasteiger partial charge in [0.15, 0.2) is 0 Å². The summed E-state index contributed by atoms with van der Waals surface area (Å²) >= 11 is 7.97. The highest BCUT2D eigenvalue weighted by atomic mass is 35.5. The molecule has 2 aromatic rings. The molecule has 0 radical (unpaired) electrons. The first-order valence-electron chi connectivity index (χ1n) is 9.49. The number of carbonyl (C=O) groups excluding carboxylic acids is 1. The molecular formula is C22H27ClN2O2S. The van der Waals surface area contributed by atoms with Crippen molar-refractivity contribution in [2.24, 2.45) is 0 Å². The number of amides is 1. The number of nitrogens with zero attached hydrogens (tertiary/aromatic N) is 1. The van der Waals surface area contributed by atoms with E-state index in [-0.39, 0.29) is 11.3 Å². The van der Waals surface area contributed by atoms with Crippen molar-refractivity contribution in [1.29, 1.82) is 0 Å². The summed E-state index contributed by atoms with van der Waals surface area (Å²) in [5.74, 6) is 0.311. The van der Waals surface area contributed by atoms with Crippen LogP contribution >= 0.6 is 23.4 Å². The van der Waals surface area contributed by atoms with Crippen molar-refractivity contribution in [3.8, 4) is 0 Å². The van der Waals surface area contributed by atoms with Gasteiger partial charge < -0.3 is 15.0 Å². The lowest BCUT2D eigenvalue weighted by Gasteiger charge is -2.31. The molecule has 0 spiro atoms. The monoisotopic (exact) mass is 418 g/mol. The number of morpholine rings is 1. The van der Waals surface area contributed by atoms with Gasteiger partial charge in [0.2, 0.25) is 5.91 Å². The van der Waals surface area contributed by atoms with Gasteiger partial charge in [-0.05, 0) is 35.2 Å². The molecule has 1 fully saturated rings. The first-order chi connectivity index (χ1) is 13.3. The fourth-order valence-electron chi connectivity index (χ4n) is 3.11. The highest BCUT2D eigenvalue weighted by molar-refractivity contribution is 8.00. The number of halogens is 1. The Labute approximate surface area is 176 Å². The van der Waals surface area contributed by atoms with Gasteiger partial charge in [-0.1, -0.05) is 50.6 Å². The largest absolute Gasteiger partial charge is 0.378 e. The van der Waals surface area contributed by atoms with E-state index >= 15 is 0 Å². The molecule has 1 heterocycles. The average molecular weight is 419 g/mol. The molecule has 2 aromatic carbocycles. The van der Waals surface area contributed by atoms with Crippen LogP contribution in [0.1, 0.15) is 26.3 Å². The molecule has 1 aliphatic heterocycles. The first kappa shape index (κ1) is 21.0. The minimum atomic E-state index is -0.0401. The molecule has 3 rings (SSSR count). The third-order valence-electron chi connectivity index (χ3n) is 4.68. The highest BCUT2D eigenvalue weighted by Gasteiger charge is 2.19. The Hall–Kier alpha value is -1.69. The van der Waals surface area contributed by atoms with Crippen molar-refractivity contribution >= 4 is 40.6 Å². The second-order valence-electron chi connectivity index (χ2n) is 7.85. The molecule has 0 saturated carbocycles. The number of benzene rings is 2. The number of hydrogen-bond donors (Lipinski definition) is 1. The van der Waals surface area contributed by atoms with Crippen LogP contribution in [-0.2, 0) is 14.9 Å². The molecule has 1 N–H and O–H groups in total. The van der Waals surface area contributed by atoms with Crippen LogP contribution in [0.4, 0.5) is 11.4 Å². The van der Waals surface area contributed by atoms with Gasteiger partial charge in [-0.25, -0.2) is 0 Å². The number of ether oxygens (including phenoxy) is 1. The van der Waals surface area contributed by atoms with Crippen LogP contribution < -0.4 is 10.2 Å². The van der Waals surface area contributed by atoms with Crippen molar-refractivity contribution in [2.45, 2.75) is 31.1 Å². The number of para-hydroxylation sites is 1. The molecule has 0 aliphatic carbocycles. The van der Waals surface area contributed by atoms with Gasteiger partial charge in [-0.2, -0.15) is 0 Å². The molecule has 0 bridgehead atoms. The lowest BCUT2D eigenvalue weighted by atomic mass is 9.87. The smallest absolute Gasteiger partial charge is 0.234 e. The van der Waals surface area contributed by atoms with Crippen LogP contribution in [0.25, 0.3) is 0 Å². The predicted octanol–water partition coefficient (Wildman–Crippen LogP) is 5.20. The van der Waals surface area contributed by atoms with E-state index in [0.29, 0.717) is 24.0 Å². The Morgan fingerprint density at radius 3 is 2.46 bits per heavy atom. The maximum Gasteiger partial charge on any atom is 0.234 e. The second kappa shape index (κ2) is 9.21. The molecule has 0 unspecified atom stereocenters. The van der Waals surface area contributed by atoms with Gasteiger partial charge >= 0.3 is 0 Å². The van der Waals surface area contributed by atoms with E-state index in [4.69, 9.17) is 16.3 Å². The molecule has 1 aliphatic rings. The second-order valence-corrected chi connectivity index (χ2v) is 9.30. The van der Waals surface area contributed by atoms with Crippen LogP contribution in [-0.4, -0.2) is 38.0 Å². The summed E-state index contributed by atoms with van der Waals surface area (Å²) in [4.78, 5) is 15.8. The molecule has 1 saturated heterocycles. The summed E-state index contributed by atoms with van der Waals surface area (Å²) in [5.41, 5.74) is 3.04. The van der Waals surface area contributed by atoms with Gasteiger partial charge in [0, 0.05) is 18.0 Å². The summed E-state index contributed by atoms with van der Waals surface area (Å²) in [6.07, 6.45) is 0. The van der Waals surface area contributed by atoms with Gasteiger partial charge in [-0.15, -0.1) is 11.8 Å². The fourth-order valence-corrected chi connectivity index (χ4v) is 4.10. The number of anilines is 2. The van der Waals surface area contributed by atoms with E-state index < -0.39 is 0 Å². The quantitative estimate of drug-likeness (QED) is 0.677. The van der Waals surface area contributed by atoms with Crippen molar-refractivity contribution in [3.05, 3.63) is 53.1 Å². The summed E-state index contributed by atoms with van der Waals surface area (Å²) in [5, 5.41) is 3.67. The zero-order valence-corrected chi connectivity index (χ0v) is 18.2. The molecule has 28 heavy (non-hydrogen) atoms. The van der Waals surface area contributed by atoms with Gasteiger partial charge in [0.25, 0.3) is 0 Å². The Bertz CT molecular complexity index is 812. The van der Waals surface area contributed by atoms with E-state index in [1.54, 1.807) is 0 Å². The summed E-state index contributed by atoms with van der Waals surface area (Å²) < 4.78 is 5.42. The average Bonchev–Trinajstić information content (AvgIpc) is 2.67. The molecule has 6 heteroatoms. The zero-order valence-electron chi connectivity index (χ0n) is 16.6. The van der Waals surface area contributed by atoms with E-state index in [2.05, 4.69) is 55.3 Å². The number of carbonyl (C=O) groups is 1. The molecule has 1 amide bonds. The van der Waals surface area contributed by atoms with Crippen molar-refractivity contribution in [2.75, 3.05) is 42.3 Å². The lowest BCUT2D eigenvalue weighted by Crippen LogP contribution is -2.37. The maximum absolute atomic E-state index is 12.5. The lowest BCUT2D eigenvalue weighted by molar-refractivity contribution is -0.113. The predicted molar refractivity (Wildman–Crippen MR) is 119 cm³/mol. The Morgan fingerprint density at radius 2 is 1.82 bits per heavy atom. The van der Waals surface area contributed by atoms with E-state index in [0.717, 1.165) is 29.4 Å². The summed E-state index contributed by atoms with van der Waals surface area (Å²) in [6, 6.07) is 14.0. The van der Waals surface area contributed by atoms with Gasteiger partial charge in [0.1, 0.15) is 0 Å². The van der Waals surface area contributed by atoms with Crippen LogP contribution in [0, 0.1) is 0 Å². The highest BCUT2D eigenvalue weighted by Crippen LogP contribution is 2.34. The van der Waals surface area contributed by atoms with Crippen molar-refractivity contribution < 1.29 is 9.53 Å². The Kier molecular flexibility index (Phi) is 6.91. The molecule has 0 aromatic heterocycles. The molecule has 4 nitrogen and oxygen atoms in total. The number of rotatable bonds is 5. The normalized spacial score (nSPS) is 14.8. The molecular weight excluding hydrogens is 392 g/mol. The first-order valence-corrected chi connectivity index (χ1v) is 10.9. The van der Waals surface area contributed by atoms with Gasteiger partial charge in [-0.3, -0.25) is 4.79 Å². The summed E-state index contributed by atoms with van der Waals surface area (Å²) in [6.45, 7) is 9.44. The third kappa shape index (κ3) is 5.43. The Balaban J connectivity index is 1.63. The number of thioether (sulfide) groups is 1. The number of nitrogens with one attached hydrogen (secondary N) is 1. The molecule has 150 valence electrons. The van der Waals surface area contributed by atoms with Crippen LogP contribution in [0.15, 0.2) is 47.4 Å². The third-order valence-corrected chi connectivity index (χ3v) is 6.00. The van der Waals surface area contributed by atoms with E-state index in [1.807, 2.05) is 18.2 Å². The number of hydrogen-bond acceptors (Lipinski definition) is 4. The summed E-state index contributed by atoms with van der Waals surface area (Å²) in [7, 11) is 0. The van der Waals surface area contributed by atoms with Crippen molar-refractivity contribution in [3.63, 3.8) is 0 Å². The Morgan fingerprint density at radius 1 is 1.14 bits per heavy atom.